The van der Waals surface area contributed by atoms with Crippen molar-refractivity contribution in [2.24, 2.45) is 0 Å². The lowest BCUT2D eigenvalue weighted by molar-refractivity contribution is 0.295. The molecule has 2 aromatic heterocycles. The molecule has 4 aromatic rings. The first-order valence-electron chi connectivity index (χ1n) is 10.3. The molecule has 0 aliphatic rings. The van der Waals surface area contributed by atoms with Crippen LogP contribution < -0.4 is 4.74 Å². The normalized spacial score (nSPS) is 10.8. The number of nitrogens with zero attached hydrogens (tertiary/aromatic N) is 2. The third-order valence-electron chi connectivity index (χ3n) is 4.71. The standard InChI is InChI=1S/C25H25N3OS/c1-4-12-20(13-5-1)23-24(21-14-6-2-7-15-21)28-25(27-23)30-19-11-3-10-18-29-22-16-8-9-17-26-22/h1-2,4-9,12-17H,3,10-11,18-19H2,(H,27,28). The predicted octanol–water partition coefficient (Wildman–Crippen LogP) is 6.48. The first-order valence-corrected chi connectivity index (χ1v) is 11.3. The van der Waals surface area contributed by atoms with Gasteiger partial charge in [-0.15, -0.1) is 0 Å². The van der Waals surface area contributed by atoms with Crippen molar-refractivity contribution in [2.45, 2.75) is 24.4 Å². The maximum Gasteiger partial charge on any atom is 0.213 e. The van der Waals surface area contributed by atoms with Crippen LogP contribution in [0.5, 0.6) is 5.88 Å². The van der Waals surface area contributed by atoms with Crippen molar-refractivity contribution < 1.29 is 4.74 Å². The molecule has 0 saturated heterocycles. The number of pyridine rings is 1. The maximum atomic E-state index is 5.65. The smallest absolute Gasteiger partial charge is 0.213 e. The third kappa shape index (κ3) is 5.51. The van der Waals surface area contributed by atoms with Crippen molar-refractivity contribution >= 4 is 11.8 Å². The Morgan fingerprint density at radius 3 is 2.23 bits per heavy atom. The highest BCUT2D eigenvalue weighted by Gasteiger charge is 2.14. The van der Waals surface area contributed by atoms with Gasteiger partial charge in [0.15, 0.2) is 5.16 Å². The average molecular weight is 416 g/mol. The fourth-order valence-corrected chi connectivity index (χ4v) is 4.07. The highest BCUT2D eigenvalue weighted by molar-refractivity contribution is 7.99. The fourth-order valence-electron chi connectivity index (χ4n) is 3.20. The largest absolute Gasteiger partial charge is 0.478 e. The van der Waals surface area contributed by atoms with Crippen molar-refractivity contribution in [1.82, 2.24) is 15.0 Å². The quantitative estimate of drug-likeness (QED) is 0.238. The number of imidazole rings is 1. The fraction of sp³-hybridized carbons (Fsp3) is 0.200. The van der Waals surface area contributed by atoms with Crippen LogP contribution in [-0.2, 0) is 0 Å². The van der Waals surface area contributed by atoms with Crippen molar-refractivity contribution in [2.75, 3.05) is 12.4 Å². The molecule has 0 aliphatic carbocycles. The number of aromatic amines is 1. The first kappa shape index (κ1) is 20.2. The summed E-state index contributed by atoms with van der Waals surface area (Å²) in [6, 6.07) is 26.5. The summed E-state index contributed by atoms with van der Waals surface area (Å²) in [6.45, 7) is 0.707. The number of thioether (sulfide) groups is 1. The first-order chi connectivity index (χ1) is 14.9. The molecule has 0 amide bonds. The molecule has 0 aliphatic heterocycles. The molecule has 4 nitrogen and oxygen atoms in total. The van der Waals surface area contributed by atoms with Gasteiger partial charge in [0.05, 0.1) is 18.0 Å². The molecule has 152 valence electrons. The van der Waals surface area contributed by atoms with Crippen molar-refractivity contribution in [3.05, 3.63) is 85.1 Å². The van der Waals surface area contributed by atoms with Gasteiger partial charge < -0.3 is 9.72 Å². The Morgan fingerprint density at radius 1 is 0.767 bits per heavy atom. The molecular formula is C25H25N3OS. The van der Waals surface area contributed by atoms with E-state index in [1.807, 2.05) is 30.3 Å². The van der Waals surface area contributed by atoms with E-state index < -0.39 is 0 Å². The Kier molecular flexibility index (Phi) is 7.18. The zero-order valence-electron chi connectivity index (χ0n) is 16.8. The van der Waals surface area contributed by atoms with Gasteiger partial charge >= 0.3 is 0 Å². The molecule has 0 radical (unpaired) electrons. The minimum Gasteiger partial charge on any atom is -0.478 e. The molecule has 2 aromatic carbocycles. The van der Waals surface area contributed by atoms with Crippen LogP contribution >= 0.6 is 11.8 Å². The van der Waals surface area contributed by atoms with Crippen molar-refractivity contribution in [3.8, 4) is 28.4 Å². The van der Waals surface area contributed by atoms with Crippen LogP contribution in [-0.4, -0.2) is 27.3 Å². The highest BCUT2D eigenvalue weighted by atomic mass is 32.2. The van der Waals surface area contributed by atoms with Gasteiger partial charge in [0, 0.05) is 29.1 Å². The summed E-state index contributed by atoms with van der Waals surface area (Å²) in [4.78, 5) is 12.6. The van der Waals surface area contributed by atoms with Gasteiger partial charge in [-0.1, -0.05) is 78.5 Å². The molecule has 0 bridgehead atoms. The van der Waals surface area contributed by atoms with Gasteiger partial charge in [0.2, 0.25) is 5.88 Å². The highest BCUT2D eigenvalue weighted by Crippen LogP contribution is 2.32. The van der Waals surface area contributed by atoms with Gasteiger partial charge in [0.1, 0.15) is 0 Å². The second kappa shape index (κ2) is 10.6. The topological polar surface area (TPSA) is 50.8 Å². The van der Waals surface area contributed by atoms with Gasteiger partial charge in [-0.3, -0.25) is 0 Å². The number of H-pyrrole nitrogens is 1. The molecular weight excluding hydrogens is 390 g/mol. The summed E-state index contributed by atoms with van der Waals surface area (Å²) in [5.74, 6) is 1.73. The van der Waals surface area contributed by atoms with E-state index in [9.17, 15) is 0 Å². The summed E-state index contributed by atoms with van der Waals surface area (Å²) < 4.78 is 5.65. The summed E-state index contributed by atoms with van der Waals surface area (Å²) >= 11 is 1.78. The number of benzene rings is 2. The molecule has 0 spiro atoms. The minimum atomic E-state index is 0.698. The Balaban J connectivity index is 1.31. The van der Waals surface area contributed by atoms with Crippen LogP contribution in [0, 0.1) is 0 Å². The molecule has 0 atom stereocenters. The SMILES string of the molecule is c1ccc(-c2nc(SCCCCCOc3ccccn3)[nH]c2-c2ccccc2)cc1. The van der Waals surface area contributed by atoms with E-state index in [0.717, 1.165) is 52.7 Å². The van der Waals surface area contributed by atoms with E-state index in [2.05, 4.69) is 58.5 Å². The van der Waals surface area contributed by atoms with E-state index in [1.54, 1.807) is 18.0 Å². The lowest BCUT2D eigenvalue weighted by Gasteiger charge is -2.04. The van der Waals surface area contributed by atoms with Crippen LogP contribution in [0.1, 0.15) is 19.3 Å². The van der Waals surface area contributed by atoms with E-state index in [-0.39, 0.29) is 0 Å². The van der Waals surface area contributed by atoms with E-state index in [4.69, 9.17) is 9.72 Å². The minimum absolute atomic E-state index is 0.698. The van der Waals surface area contributed by atoms with Crippen LogP contribution in [0.15, 0.2) is 90.2 Å². The molecule has 0 unspecified atom stereocenters. The van der Waals surface area contributed by atoms with Crippen LogP contribution in [0.25, 0.3) is 22.5 Å². The number of hydrogen-bond acceptors (Lipinski definition) is 4. The molecule has 0 fully saturated rings. The molecule has 2 heterocycles. The molecule has 4 rings (SSSR count). The predicted molar refractivity (Wildman–Crippen MR) is 124 cm³/mol. The van der Waals surface area contributed by atoms with Gasteiger partial charge in [0.25, 0.3) is 0 Å². The number of unbranched alkanes of at least 4 members (excludes halogenated alkanes) is 2. The zero-order chi connectivity index (χ0) is 20.4. The van der Waals surface area contributed by atoms with Crippen molar-refractivity contribution in [1.29, 1.82) is 0 Å². The summed E-state index contributed by atoms with van der Waals surface area (Å²) in [5, 5.41) is 0.970. The summed E-state index contributed by atoms with van der Waals surface area (Å²) in [5.41, 5.74) is 4.37. The Bertz CT molecular complexity index is 963. The van der Waals surface area contributed by atoms with Gasteiger partial charge in [-0.2, -0.15) is 0 Å². The lowest BCUT2D eigenvalue weighted by atomic mass is 10.1. The average Bonchev–Trinajstić information content (AvgIpc) is 3.24. The number of aromatic nitrogens is 3. The Morgan fingerprint density at radius 2 is 1.50 bits per heavy atom. The summed E-state index contributed by atoms with van der Waals surface area (Å²) in [6.07, 6.45) is 5.03. The molecule has 5 heteroatoms. The van der Waals surface area contributed by atoms with Gasteiger partial charge in [-0.25, -0.2) is 9.97 Å². The number of nitrogens with one attached hydrogen (secondary N) is 1. The molecule has 0 saturated carbocycles. The van der Waals surface area contributed by atoms with E-state index in [0.29, 0.717) is 12.5 Å². The molecule has 30 heavy (non-hydrogen) atoms. The lowest BCUT2D eigenvalue weighted by Crippen LogP contribution is -1.98. The number of rotatable bonds is 10. The summed E-state index contributed by atoms with van der Waals surface area (Å²) in [7, 11) is 0. The van der Waals surface area contributed by atoms with E-state index >= 15 is 0 Å². The van der Waals surface area contributed by atoms with Gasteiger partial charge in [-0.05, 0) is 25.3 Å². The third-order valence-corrected chi connectivity index (χ3v) is 5.67. The molecule has 1 N–H and O–H groups in total. The van der Waals surface area contributed by atoms with Crippen LogP contribution in [0.3, 0.4) is 0 Å². The van der Waals surface area contributed by atoms with Crippen LogP contribution in [0.4, 0.5) is 0 Å². The second-order valence-electron chi connectivity index (χ2n) is 6.92. The maximum absolute atomic E-state index is 5.65. The van der Waals surface area contributed by atoms with Crippen LogP contribution in [0.2, 0.25) is 0 Å². The number of ether oxygens (including phenoxy) is 1. The zero-order valence-corrected chi connectivity index (χ0v) is 17.6. The van der Waals surface area contributed by atoms with E-state index in [1.165, 1.54) is 0 Å². The Labute approximate surface area is 181 Å². The number of hydrogen-bond donors (Lipinski definition) is 1. The second-order valence-corrected chi connectivity index (χ2v) is 8.01. The van der Waals surface area contributed by atoms with Crippen molar-refractivity contribution in [3.63, 3.8) is 0 Å². The Hall–Kier alpha value is -3.05. The monoisotopic (exact) mass is 415 g/mol.